The van der Waals surface area contributed by atoms with Crippen LogP contribution in [-0.4, -0.2) is 16.8 Å². The predicted octanol–water partition coefficient (Wildman–Crippen LogP) is 5.28. The lowest BCUT2D eigenvalue weighted by atomic mass is 10.1. The molecule has 0 spiro atoms. The van der Waals surface area contributed by atoms with Gasteiger partial charge in [-0.05, 0) is 55.5 Å². The third-order valence-electron chi connectivity index (χ3n) is 3.44. The Hall–Kier alpha value is -1.89. The van der Waals surface area contributed by atoms with Gasteiger partial charge in [0.2, 0.25) is 0 Å². The minimum atomic E-state index is -0.370. The molecule has 1 amide bonds. The molecule has 2 aromatic carbocycles. The van der Waals surface area contributed by atoms with E-state index in [0.717, 1.165) is 0 Å². The van der Waals surface area contributed by atoms with Crippen molar-refractivity contribution >= 4 is 57.6 Å². The summed E-state index contributed by atoms with van der Waals surface area (Å²) in [6.07, 6.45) is 1.71. The van der Waals surface area contributed by atoms with Gasteiger partial charge in [-0.3, -0.25) is 9.69 Å². The van der Waals surface area contributed by atoms with Crippen LogP contribution in [-0.2, 0) is 4.79 Å². The maximum absolute atomic E-state index is 13.1. The number of carbonyl (C=O) groups is 1. The van der Waals surface area contributed by atoms with E-state index in [9.17, 15) is 9.18 Å². The molecule has 0 N–H and O–H groups in total. The van der Waals surface area contributed by atoms with Gasteiger partial charge in [0.05, 0.1) is 17.2 Å². The molecule has 3 nitrogen and oxygen atoms in total. The second-order valence-corrected chi connectivity index (χ2v) is 7.22. The highest BCUT2D eigenvalue weighted by Crippen LogP contribution is 2.37. The van der Waals surface area contributed by atoms with Gasteiger partial charge in [0.25, 0.3) is 5.91 Å². The van der Waals surface area contributed by atoms with Crippen molar-refractivity contribution in [3.63, 3.8) is 0 Å². The Labute approximate surface area is 159 Å². The van der Waals surface area contributed by atoms with E-state index in [-0.39, 0.29) is 11.7 Å². The molecule has 1 aliphatic heterocycles. The minimum absolute atomic E-state index is 0.260. The van der Waals surface area contributed by atoms with Crippen LogP contribution >= 0.6 is 35.6 Å². The number of amides is 1. The SMILES string of the molecule is CCOc1ccc(Cl)cc1C=C1SC(=S)N(c2ccc(F)cc2)C1=O. The first-order valence-electron chi connectivity index (χ1n) is 7.45. The third kappa shape index (κ3) is 3.86. The van der Waals surface area contributed by atoms with Crippen LogP contribution in [0.25, 0.3) is 6.08 Å². The summed E-state index contributed by atoms with van der Waals surface area (Å²) in [6, 6.07) is 10.9. The Morgan fingerprint density at radius 1 is 1.28 bits per heavy atom. The van der Waals surface area contributed by atoms with Crippen molar-refractivity contribution in [2.75, 3.05) is 11.5 Å². The highest BCUT2D eigenvalue weighted by atomic mass is 35.5. The molecule has 0 unspecified atom stereocenters. The molecule has 0 aromatic heterocycles. The number of thiocarbonyl (C=S) groups is 1. The number of ether oxygens (including phenoxy) is 1. The summed E-state index contributed by atoms with van der Waals surface area (Å²) in [5.74, 6) is 0.00741. The highest BCUT2D eigenvalue weighted by molar-refractivity contribution is 8.27. The van der Waals surface area contributed by atoms with Crippen LogP contribution in [0.15, 0.2) is 47.4 Å². The molecule has 1 saturated heterocycles. The molecule has 3 rings (SSSR count). The quantitative estimate of drug-likeness (QED) is 0.522. The van der Waals surface area contributed by atoms with E-state index in [1.165, 1.54) is 40.9 Å². The van der Waals surface area contributed by atoms with E-state index < -0.39 is 0 Å². The Morgan fingerprint density at radius 2 is 2.00 bits per heavy atom. The Bertz CT molecular complexity index is 868. The number of halogens is 2. The van der Waals surface area contributed by atoms with Crippen molar-refractivity contribution in [2.24, 2.45) is 0 Å². The zero-order valence-corrected chi connectivity index (χ0v) is 15.6. The van der Waals surface area contributed by atoms with E-state index in [4.69, 9.17) is 28.6 Å². The fraction of sp³-hybridized carbons (Fsp3) is 0.111. The largest absolute Gasteiger partial charge is 0.493 e. The average Bonchev–Trinajstić information content (AvgIpc) is 2.85. The molecule has 1 heterocycles. The summed E-state index contributed by atoms with van der Waals surface area (Å²) in [5, 5.41) is 0.545. The lowest BCUT2D eigenvalue weighted by Crippen LogP contribution is -2.27. The van der Waals surface area contributed by atoms with Gasteiger partial charge < -0.3 is 4.74 Å². The lowest BCUT2D eigenvalue weighted by molar-refractivity contribution is -0.113. The molecule has 2 aromatic rings. The topological polar surface area (TPSA) is 29.5 Å². The summed E-state index contributed by atoms with van der Waals surface area (Å²) >= 11 is 12.6. The zero-order chi connectivity index (χ0) is 18.0. The zero-order valence-electron chi connectivity index (χ0n) is 13.2. The maximum atomic E-state index is 13.1. The number of nitrogens with zero attached hydrogens (tertiary/aromatic N) is 1. The van der Waals surface area contributed by atoms with Gasteiger partial charge in [0, 0.05) is 10.6 Å². The minimum Gasteiger partial charge on any atom is -0.493 e. The maximum Gasteiger partial charge on any atom is 0.270 e. The van der Waals surface area contributed by atoms with Crippen LogP contribution in [0.4, 0.5) is 10.1 Å². The number of hydrogen-bond acceptors (Lipinski definition) is 4. The smallest absolute Gasteiger partial charge is 0.270 e. The number of thioether (sulfide) groups is 1. The van der Waals surface area contributed by atoms with Crippen LogP contribution in [0, 0.1) is 5.82 Å². The molecular formula is C18H13ClFNO2S2. The average molecular weight is 394 g/mol. The standard InChI is InChI=1S/C18H13ClFNO2S2/c1-2-23-15-8-3-12(19)9-11(15)10-16-17(22)21(18(24)25-16)14-6-4-13(20)5-7-14/h3-10H,2H2,1H3. The van der Waals surface area contributed by atoms with Crippen LogP contribution < -0.4 is 9.64 Å². The van der Waals surface area contributed by atoms with E-state index in [0.29, 0.717) is 37.9 Å². The van der Waals surface area contributed by atoms with Gasteiger partial charge in [-0.15, -0.1) is 0 Å². The number of carbonyl (C=O) groups excluding carboxylic acids is 1. The van der Waals surface area contributed by atoms with E-state index >= 15 is 0 Å². The van der Waals surface area contributed by atoms with Gasteiger partial charge in [-0.1, -0.05) is 35.6 Å². The molecule has 1 aliphatic rings. The molecule has 0 atom stereocenters. The van der Waals surface area contributed by atoms with Gasteiger partial charge in [0.1, 0.15) is 11.6 Å². The fourth-order valence-corrected chi connectivity index (χ4v) is 3.81. The number of rotatable bonds is 4. The summed E-state index contributed by atoms with van der Waals surface area (Å²) in [7, 11) is 0. The first-order chi connectivity index (χ1) is 12.0. The summed E-state index contributed by atoms with van der Waals surface area (Å²) < 4.78 is 19.1. The predicted molar refractivity (Wildman–Crippen MR) is 105 cm³/mol. The van der Waals surface area contributed by atoms with Crippen LogP contribution in [0.2, 0.25) is 5.02 Å². The second kappa shape index (κ2) is 7.56. The lowest BCUT2D eigenvalue weighted by Gasteiger charge is -2.14. The van der Waals surface area contributed by atoms with Gasteiger partial charge in [0.15, 0.2) is 4.32 Å². The molecule has 25 heavy (non-hydrogen) atoms. The van der Waals surface area contributed by atoms with Crippen molar-refractivity contribution < 1.29 is 13.9 Å². The molecular weight excluding hydrogens is 381 g/mol. The summed E-state index contributed by atoms with van der Waals surface area (Å²) in [5.41, 5.74) is 1.23. The van der Waals surface area contributed by atoms with Crippen molar-refractivity contribution in [2.45, 2.75) is 6.92 Å². The molecule has 128 valence electrons. The van der Waals surface area contributed by atoms with E-state index in [1.54, 1.807) is 24.3 Å². The number of benzene rings is 2. The third-order valence-corrected chi connectivity index (χ3v) is 4.97. The second-order valence-electron chi connectivity index (χ2n) is 5.11. The molecule has 0 aliphatic carbocycles. The van der Waals surface area contributed by atoms with Gasteiger partial charge >= 0.3 is 0 Å². The summed E-state index contributed by atoms with van der Waals surface area (Å²) in [4.78, 5) is 14.6. The normalized spacial score (nSPS) is 16.0. The van der Waals surface area contributed by atoms with Gasteiger partial charge in [-0.2, -0.15) is 0 Å². The summed E-state index contributed by atoms with van der Waals surface area (Å²) in [6.45, 7) is 2.38. The van der Waals surface area contributed by atoms with E-state index in [2.05, 4.69) is 0 Å². The monoisotopic (exact) mass is 393 g/mol. The Morgan fingerprint density at radius 3 is 2.68 bits per heavy atom. The van der Waals surface area contributed by atoms with Crippen LogP contribution in [0.3, 0.4) is 0 Å². The van der Waals surface area contributed by atoms with Crippen molar-refractivity contribution in [3.05, 3.63) is 63.8 Å². The molecule has 1 fully saturated rings. The molecule has 7 heteroatoms. The van der Waals surface area contributed by atoms with Crippen LogP contribution in [0.1, 0.15) is 12.5 Å². The Kier molecular flexibility index (Phi) is 5.42. The van der Waals surface area contributed by atoms with Crippen molar-refractivity contribution in [1.29, 1.82) is 0 Å². The number of anilines is 1. The molecule has 0 bridgehead atoms. The van der Waals surface area contributed by atoms with Crippen molar-refractivity contribution in [3.8, 4) is 5.75 Å². The van der Waals surface area contributed by atoms with E-state index in [1.807, 2.05) is 6.92 Å². The first kappa shape index (κ1) is 17.9. The number of hydrogen-bond donors (Lipinski definition) is 0. The first-order valence-corrected chi connectivity index (χ1v) is 9.05. The van der Waals surface area contributed by atoms with Crippen molar-refractivity contribution in [1.82, 2.24) is 0 Å². The molecule has 0 saturated carbocycles. The van der Waals surface area contributed by atoms with Crippen LogP contribution in [0.5, 0.6) is 5.75 Å². The van der Waals surface area contributed by atoms with Gasteiger partial charge in [-0.25, -0.2) is 4.39 Å². The highest BCUT2D eigenvalue weighted by Gasteiger charge is 2.33. The molecule has 0 radical (unpaired) electrons. The Balaban J connectivity index is 1.96. The fourth-order valence-electron chi connectivity index (χ4n) is 2.34.